The quantitative estimate of drug-likeness (QED) is 0.824. The maximum atomic E-state index is 12.1. The van der Waals surface area contributed by atoms with E-state index in [-0.39, 0.29) is 18.3 Å². The maximum absolute atomic E-state index is 12.1. The van der Waals surface area contributed by atoms with E-state index >= 15 is 0 Å². The summed E-state index contributed by atoms with van der Waals surface area (Å²) in [6.07, 6.45) is 3.06. The van der Waals surface area contributed by atoms with Crippen LogP contribution in [0.4, 0.5) is 0 Å². The summed E-state index contributed by atoms with van der Waals surface area (Å²) in [5.74, 6) is -0.371. The van der Waals surface area contributed by atoms with Gasteiger partial charge in [-0.25, -0.2) is 4.79 Å². The molecule has 5 heteroatoms. The lowest BCUT2D eigenvalue weighted by Crippen LogP contribution is -2.44. The summed E-state index contributed by atoms with van der Waals surface area (Å²) < 4.78 is 5.51. The Bertz CT molecular complexity index is 516. The van der Waals surface area contributed by atoms with E-state index in [0.717, 1.165) is 18.4 Å². The van der Waals surface area contributed by atoms with Gasteiger partial charge in [0.25, 0.3) is 0 Å². The first-order valence-corrected chi connectivity index (χ1v) is 7.91. The number of aromatic hydroxyl groups is 1. The van der Waals surface area contributed by atoms with Crippen LogP contribution in [0.2, 0.25) is 0 Å². The molecule has 1 aromatic rings. The van der Waals surface area contributed by atoms with Crippen LogP contribution < -0.4 is 0 Å². The van der Waals surface area contributed by atoms with Crippen LogP contribution in [0.15, 0.2) is 24.3 Å². The Labute approximate surface area is 130 Å². The van der Waals surface area contributed by atoms with E-state index in [9.17, 15) is 15.0 Å². The third kappa shape index (κ3) is 3.25. The van der Waals surface area contributed by atoms with Gasteiger partial charge in [0.15, 0.2) is 6.10 Å². The molecule has 2 aliphatic heterocycles. The number of carbonyl (C=O) groups excluding carboxylic acids is 1. The molecule has 0 aromatic heterocycles. The molecule has 3 atom stereocenters. The second kappa shape index (κ2) is 6.26. The number of hydrogen-bond donors (Lipinski definition) is 2. The van der Waals surface area contributed by atoms with Gasteiger partial charge in [0.2, 0.25) is 0 Å². The zero-order valence-electron chi connectivity index (χ0n) is 12.8. The van der Waals surface area contributed by atoms with Crippen molar-refractivity contribution in [3.05, 3.63) is 29.8 Å². The number of fused-ring (bicyclic) bond motifs is 2. The van der Waals surface area contributed by atoms with Gasteiger partial charge in [-0.3, -0.25) is 0 Å². The summed E-state index contributed by atoms with van der Waals surface area (Å²) in [6.45, 7) is 0. The second-order valence-corrected chi connectivity index (χ2v) is 6.47. The molecule has 3 unspecified atom stereocenters. The highest BCUT2D eigenvalue weighted by Gasteiger charge is 2.40. The van der Waals surface area contributed by atoms with Gasteiger partial charge in [-0.15, -0.1) is 0 Å². The van der Waals surface area contributed by atoms with Crippen molar-refractivity contribution >= 4 is 5.97 Å². The standard InChI is InChI=1S/C17H23NO4/c1-18-12-4-5-13(18)10-15(9-12)22-17(21)16(20)8-11-2-6-14(19)7-3-11/h2-3,6-7,12-13,15-16,19-20H,4-5,8-10H2,1H3. The molecule has 5 nitrogen and oxygen atoms in total. The fourth-order valence-electron chi connectivity index (χ4n) is 3.64. The number of hydrogen-bond acceptors (Lipinski definition) is 5. The summed E-state index contributed by atoms with van der Waals surface area (Å²) in [4.78, 5) is 14.4. The molecule has 2 aliphatic rings. The molecule has 2 bridgehead atoms. The summed E-state index contributed by atoms with van der Waals surface area (Å²) in [7, 11) is 2.14. The lowest BCUT2D eigenvalue weighted by atomic mass is 10.0. The molecule has 0 spiro atoms. The minimum atomic E-state index is -1.15. The Hall–Kier alpha value is -1.59. The van der Waals surface area contributed by atoms with Crippen molar-refractivity contribution in [2.45, 2.75) is 56.4 Å². The highest BCUT2D eigenvalue weighted by Crippen LogP contribution is 2.35. The number of ether oxygens (including phenoxy) is 1. The predicted octanol–water partition coefficient (Wildman–Crippen LogP) is 1.46. The predicted molar refractivity (Wildman–Crippen MR) is 81.5 cm³/mol. The first-order chi connectivity index (χ1) is 10.5. The van der Waals surface area contributed by atoms with Crippen molar-refractivity contribution in [3.63, 3.8) is 0 Å². The van der Waals surface area contributed by atoms with Crippen LogP contribution in [-0.2, 0) is 16.0 Å². The van der Waals surface area contributed by atoms with Crippen LogP contribution in [0.5, 0.6) is 5.75 Å². The summed E-state index contributed by atoms with van der Waals surface area (Å²) >= 11 is 0. The van der Waals surface area contributed by atoms with Gasteiger partial charge in [-0.1, -0.05) is 12.1 Å². The number of phenols is 1. The third-order valence-corrected chi connectivity index (χ3v) is 4.98. The molecule has 0 radical (unpaired) electrons. The zero-order valence-corrected chi connectivity index (χ0v) is 12.8. The van der Waals surface area contributed by atoms with E-state index in [4.69, 9.17) is 4.74 Å². The van der Waals surface area contributed by atoms with Gasteiger partial charge >= 0.3 is 5.97 Å². The highest BCUT2D eigenvalue weighted by atomic mass is 16.6. The van der Waals surface area contributed by atoms with E-state index in [1.807, 2.05) is 0 Å². The Kier molecular flexibility index (Phi) is 4.36. The van der Waals surface area contributed by atoms with E-state index in [1.165, 1.54) is 12.8 Å². The van der Waals surface area contributed by atoms with Crippen LogP contribution >= 0.6 is 0 Å². The number of nitrogens with zero attached hydrogens (tertiary/aromatic N) is 1. The molecule has 2 N–H and O–H groups in total. The number of esters is 1. The Morgan fingerprint density at radius 3 is 2.45 bits per heavy atom. The van der Waals surface area contributed by atoms with E-state index in [2.05, 4.69) is 11.9 Å². The van der Waals surface area contributed by atoms with E-state index in [1.54, 1.807) is 24.3 Å². The Balaban J connectivity index is 1.52. The molecule has 0 aliphatic carbocycles. The van der Waals surface area contributed by atoms with Crippen LogP contribution in [-0.4, -0.2) is 52.4 Å². The molecule has 2 saturated heterocycles. The number of piperidine rings is 1. The highest BCUT2D eigenvalue weighted by molar-refractivity contribution is 5.75. The van der Waals surface area contributed by atoms with Crippen molar-refractivity contribution in [1.29, 1.82) is 0 Å². The largest absolute Gasteiger partial charge is 0.508 e. The fraction of sp³-hybridized carbons (Fsp3) is 0.588. The molecule has 2 fully saturated rings. The molecule has 1 aromatic carbocycles. The summed E-state index contributed by atoms with van der Waals surface area (Å²) in [5, 5.41) is 19.3. The molecule has 0 saturated carbocycles. The molecule has 120 valence electrons. The monoisotopic (exact) mass is 305 g/mol. The smallest absolute Gasteiger partial charge is 0.335 e. The lowest BCUT2D eigenvalue weighted by Gasteiger charge is -2.36. The Morgan fingerprint density at radius 1 is 1.27 bits per heavy atom. The van der Waals surface area contributed by atoms with Gasteiger partial charge in [-0.2, -0.15) is 0 Å². The van der Waals surface area contributed by atoms with E-state index in [0.29, 0.717) is 12.1 Å². The topological polar surface area (TPSA) is 70.0 Å². The first-order valence-electron chi connectivity index (χ1n) is 7.91. The minimum absolute atomic E-state index is 0.0735. The normalized spacial score (nSPS) is 29.3. The van der Waals surface area contributed by atoms with Crippen molar-refractivity contribution in [3.8, 4) is 5.75 Å². The number of rotatable bonds is 4. The molecule has 3 rings (SSSR count). The molecular formula is C17H23NO4. The molecule has 0 amide bonds. The zero-order chi connectivity index (χ0) is 15.7. The second-order valence-electron chi connectivity index (χ2n) is 6.47. The number of benzene rings is 1. The summed E-state index contributed by atoms with van der Waals surface area (Å²) in [5.41, 5.74) is 0.797. The van der Waals surface area contributed by atoms with Gasteiger partial charge < -0.3 is 19.8 Å². The number of aliphatic hydroxyl groups is 1. The Morgan fingerprint density at radius 2 is 1.86 bits per heavy atom. The van der Waals surface area contributed by atoms with Crippen molar-refractivity contribution in [2.24, 2.45) is 0 Å². The van der Waals surface area contributed by atoms with Gasteiger partial charge in [0.05, 0.1) is 0 Å². The van der Waals surface area contributed by atoms with Crippen LogP contribution in [0.1, 0.15) is 31.2 Å². The van der Waals surface area contributed by atoms with Crippen molar-refractivity contribution in [1.82, 2.24) is 4.90 Å². The summed E-state index contributed by atoms with van der Waals surface area (Å²) in [6, 6.07) is 7.49. The van der Waals surface area contributed by atoms with Gasteiger partial charge in [0.1, 0.15) is 11.9 Å². The average molecular weight is 305 g/mol. The number of aliphatic hydroxyl groups excluding tert-OH is 1. The SMILES string of the molecule is CN1C2CCC1CC(OC(=O)C(O)Cc1ccc(O)cc1)C2. The molecular weight excluding hydrogens is 282 g/mol. The number of carbonyl (C=O) groups is 1. The molecule has 2 heterocycles. The van der Waals surface area contributed by atoms with E-state index < -0.39 is 12.1 Å². The molecule has 22 heavy (non-hydrogen) atoms. The lowest BCUT2D eigenvalue weighted by molar-refractivity contribution is -0.162. The fourth-order valence-corrected chi connectivity index (χ4v) is 3.64. The third-order valence-electron chi connectivity index (χ3n) is 4.98. The minimum Gasteiger partial charge on any atom is -0.508 e. The maximum Gasteiger partial charge on any atom is 0.335 e. The van der Waals surface area contributed by atoms with Gasteiger partial charge in [0, 0.05) is 18.5 Å². The van der Waals surface area contributed by atoms with Crippen LogP contribution in [0.25, 0.3) is 0 Å². The van der Waals surface area contributed by atoms with Crippen molar-refractivity contribution < 1.29 is 19.7 Å². The first kappa shape index (κ1) is 15.3. The van der Waals surface area contributed by atoms with Gasteiger partial charge in [-0.05, 0) is 50.4 Å². The van der Waals surface area contributed by atoms with Crippen LogP contribution in [0.3, 0.4) is 0 Å². The van der Waals surface area contributed by atoms with Crippen LogP contribution in [0, 0.1) is 0 Å². The average Bonchev–Trinajstić information content (AvgIpc) is 2.72. The number of phenolic OH excluding ortho intramolecular Hbond substituents is 1. The van der Waals surface area contributed by atoms with Crippen molar-refractivity contribution in [2.75, 3.05) is 7.05 Å².